The molecule has 1 aliphatic rings. The molecular formula is C25H40N2O5. The van der Waals surface area contributed by atoms with Crippen molar-refractivity contribution in [2.24, 2.45) is 0 Å². The Hall–Kier alpha value is -1.99. The number of benzene rings is 1. The Morgan fingerprint density at radius 3 is 2.47 bits per heavy atom. The lowest BCUT2D eigenvalue weighted by Crippen LogP contribution is -2.42. The largest absolute Gasteiger partial charge is 0.388 e. The van der Waals surface area contributed by atoms with Gasteiger partial charge in [0.1, 0.15) is 0 Å². The normalized spacial score (nSPS) is 16.5. The van der Waals surface area contributed by atoms with E-state index in [9.17, 15) is 25.1 Å². The second-order valence-electron chi connectivity index (χ2n) is 9.21. The van der Waals surface area contributed by atoms with Gasteiger partial charge >= 0.3 is 0 Å². The molecule has 180 valence electrons. The maximum absolute atomic E-state index is 13.2. The number of carbonyl (C=O) groups is 1. The smallest absolute Gasteiger partial charge is 0.275 e. The number of nitro benzene ring substituents is 1. The number of amides is 1. The van der Waals surface area contributed by atoms with E-state index in [4.69, 9.17) is 0 Å². The number of rotatable bonds is 12. The molecule has 0 aliphatic heterocycles. The monoisotopic (exact) mass is 448 g/mol. The molecule has 1 aromatic rings. The van der Waals surface area contributed by atoms with Crippen molar-refractivity contribution in [3.05, 3.63) is 38.9 Å². The standard InChI is InChI=1S/C25H40N2O5/c1-4-5-6-10-15-26(20-11-8-7-9-12-20)24(30)14-13-23(29)21-16-18(2)17-22(27(31)32)25(21)19(3)28/h16-17,19-20,23,28-29H,4-15H2,1-3H3. The Kier molecular flexibility index (Phi) is 10.6. The molecule has 1 saturated carbocycles. The van der Waals surface area contributed by atoms with Gasteiger partial charge in [0.25, 0.3) is 5.69 Å². The fourth-order valence-electron chi connectivity index (χ4n) is 4.86. The first-order valence-electron chi connectivity index (χ1n) is 12.2. The van der Waals surface area contributed by atoms with E-state index in [-0.39, 0.29) is 36.0 Å². The van der Waals surface area contributed by atoms with E-state index in [1.807, 2.05) is 4.90 Å². The number of hydrogen-bond donors (Lipinski definition) is 2. The highest BCUT2D eigenvalue weighted by Crippen LogP contribution is 2.35. The molecule has 0 saturated heterocycles. The number of aliphatic hydroxyl groups excluding tert-OH is 2. The summed E-state index contributed by atoms with van der Waals surface area (Å²) >= 11 is 0. The number of nitro groups is 1. The second-order valence-corrected chi connectivity index (χ2v) is 9.21. The molecule has 2 unspecified atom stereocenters. The number of carbonyl (C=O) groups excluding carboxylic acids is 1. The third-order valence-corrected chi connectivity index (χ3v) is 6.53. The third kappa shape index (κ3) is 7.27. The zero-order valence-electron chi connectivity index (χ0n) is 19.9. The SMILES string of the molecule is CCCCCCN(C(=O)CCC(O)c1cc(C)cc([N+](=O)[O-])c1C(C)O)C1CCCCC1. The van der Waals surface area contributed by atoms with Crippen LogP contribution < -0.4 is 0 Å². The summed E-state index contributed by atoms with van der Waals surface area (Å²) in [5, 5.41) is 32.5. The highest BCUT2D eigenvalue weighted by molar-refractivity contribution is 5.76. The number of aliphatic hydroxyl groups is 2. The molecule has 0 radical (unpaired) electrons. The van der Waals surface area contributed by atoms with E-state index in [1.54, 1.807) is 13.0 Å². The molecule has 2 atom stereocenters. The topological polar surface area (TPSA) is 104 Å². The Morgan fingerprint density at radius 1 is 1.19 bits per heavy atom. The van der Waals surface area contributed by atoms with Crippen molar-refractivity contribution in [2.75, 3.05) is 6.54 Å². The highest BCUT2D eigenvalue weighted by Gasteiger charge is 2.28. The number of hydrogen-bond acceptors (Lipinski definition) is 5. The van der Waals surface area contributed by atoms with Gasteiger partial charge in [-0.3, -0.25) is 14.9 Å². The first kappa shape index (κ1) is 26.3. The van der Waals surface area contributed by atoms with E-state index in [1.165, 1.54) is 25.8 Å². The van der Waals surface area contributed by atoms with Crippen molar-refractivity contribution in [2.45, 2.75) is 110 Å². The van der Waals surface area contributed by atoms with E-state index in [0.29, 0.717) is 11.1 Å². The van der Waals surface area contributed by atoms with Crippen LogP contribution in [0.5, 0.6) is 0 Å². The van der Waals surface area contributed by atoms with Crippen LogP contribution in [0.3, 0.4) is 0 Å². The number of nitrogens with zero attached hydrogens (tertiary/aromatic N) is 2. The van der Waals surface area contributed by atoms with Crippen molar-refractivity contribution in [3.8, 4) is 0 Å². The van der Waals surface area contributed by atoms with Crippen LogP contribution >= 0.6 is 0 Å². The van der Waals surface area contributed by atoms with Gasteiger partial charge in [-0.05, 0) is 50.7 Å². The van der Waals surface area contributed by atoms with Crippen LogP contribution in [0.15, 0.2) is 12.1 Å². The van der Waals surface area contributed by atoms with Crippen LogP contribution in [0.25, 0.3) is 0 Å². The summed E-state index contributed by atoms with van der Waals surface area (Å²) in [7, 11) is 0. The fourth-order valence-corrected chi connectivity index (χ4v) is 4.86. The molecule has 1 aliphatic carbocycles. The van der Waals surface area contributed by atoms with Gasteiger partial charge in [0, 0.05) is 25.1 Å². The average molecular weight is 449 g/mol. The van der Waals surface area contributed by atoms with Crippen LogP contribution in [0.2, 0.25) is 0 Å². The maximum Gasteiger partial charge on any atom is 0.275 e. The van der Waals surface area contributed by atoms with Crippen molar-refractivity contribution < 1.29 is 19.9 Å². The van der Waals surface area contributed by atoms with Gasteiger partial charge in [0.2, 0.25) is 5.91 Å². The molecule has 0 bridgehead atoms. The molecule has 32 heavy (non-hydrogen) atoms. The summed E-state index contributed by atoms with van der Waals surface area (Å²) in [6.45, 7) is 6.11. The van der Waals surface area contributed by atoms with E-state index < -0.39 is 17.1 Å². The van der Waals surface area contributed by atoms with Gasteiger partial charge in [0.15, 0.2) is 0 Å². The predicted octanol–water partition coefficient (Wildman–Crippen LogP) is 5.51. The molecule has 7 nitrogen and oxygen atoms in total. The predicted molar refractivity (Wildman–Crippen MR) is 125 cm³/mol. The molecule has 1 fully saturated rings. The van der Waals surface area contributed by atoms with Gasteiger partial charge in [-0.25, -0.2) is 0 Å². The lowest BCUT2D eigenvalue weighted by Gasteiger charge is -2.35. The third-order valence-electron chi connectivity index (χ3n) is 6.53. The van der Waals surface area contributed by atoms with Gasteiger partial charge in [0.05, 0.1) is 22.7 Å². The zero-order valence-corrected chi connectivity index (χ0v) is 19.9. The molecule has 0 aromatic heterocycles. The first-order chi connectivity index (χ1) is 15.3. The summed E-state index contributed by atoms with van der Waals surface area (Å²) < 4.78 is 0. The lowest BCUT2D eigenvalue weighted by atomic mass is 9.91. The van der Waals surface area contributed by atoms with E-state index >= 15 is 0 Å². The first-order valence-corrected chi connectivity index (χ1v) is 12.2. The molecule has 0 spiro atoms. The van der Waals surface area contributed by atoms with Gasteiger partial charge in [-0.2, -0.15) is 0 Å². The summed E-state index contributed by atoms with van der Waals surface area (Å²) in [5.41, 5.74) is 0.914. The average Bonchev–Trinajstić information content (AvgIpc) is 2.77. The van der Waals surface area contributed by atoms with E-state index in [0.717, 1.165) is 51.5 Å². The number of unbranched alkanes of at least 4 members (excludes halogenated alkanes) is 3. The van der Waals surface area contributed by atoms with Crippen LogP contribution in [0.1, 0.15) is 113 Å². The summed E-state index contributed by atoms with van der Waals surface area (Å²) in [6, 6.07) is 3.36. The highest BCUT2D eigenvalue weighted by atomic mass is 16.6. The quantitative estimate of drug-likeness (QED) is 0.249. The Bertz CT molecular complexity index is 759. The van der Waals surface area contributed by atoms with Crippen molar-refractivity contribution in [3.63, 3.8) is 0 Å². The summed E-state index contributed by atoms with van der Waals surface area (Å²) in [5.74, 6) is 0.0493. The van der Waals surface area contributed by atoms with Gasteiger partial charge in [-0.15, -0.1) is 0 Å². The van der Waals surface area contributed by atoms with Gasteiger partial charge in [-0.1, -0.05) is 51.5 Å². The summed E-state index contributed by atoms with van der Waals surface area (Å²) in [4.78, 5) is 26.1. The fraction of sp³-hybridized carbons (Fsp3) is 0.720. The van der Waals surface area contributed by atoms with Gasteiger partial charge < -0.3 is 15.1 Å². The van der Waals surface area contributed by atoms with Crippen molar-refractivity contribution >= 4 is 11.6 Å². The Balaban J connectivity index is 2.12. The van der Waals surface area contributed by atoms with Crippen molar-refractivity contribution in [1.29, 1.82) is 0 Å². The zero-order chi connectivity index (χ0) is 23.7. The van der Waals surface area contributed by atoms with Crippen LogP contribution in [0.4, 0.5) is 5.69 Å². The van der Waals surface area contributed by atoms with E-state index in [2.05, 4.69) is 6.92 Å². The van der Waals surface area contributed by atoms with Crippen LogP contribution in [-0.2, 0) is 4.79 Å². The maximum atomic E-state index is 13.2. The molecule has 0 heterocycles. The molecule has 7 heteroatoms. The minimum atomic E-state index is -1.09. The molecule has 2 rings (SSSR count). The lowest BCUT2D eigenvalue weighted by molar-refractivity contribution is -0.386. The molecule has 1 aromatic carbocycles. The number of aryl methyl sites for hydroxylation is 1. The molecule has 2 N–H and O–H groups in total. The molecule has 1 amide bonds. The Morgan fingerprint density at radius 2 is 1.88 bits per heavy atom. The second kappa shape index (κ2) is 12.9. The summed E-state index contributed by atoms with van der Waals surface area (Å²) in [6.07, 6.45) is 8.26. The molecular weight excluding hydrogens is 408 g/mol. The Labute approximate surface area is 192 Å². The van der Waals surface area contributed by atoms with Crippen LogP contribution in [-0.4, -0.2) is 38.5 Å². The minimum Gasteiger partial charge on any atom is -0.388 e. The minimum absolute atomic E-state index is 0.0493. The van der Waals surface area contributed by atoms with Crippen LogP contribution in [0, 0.1) is 17.0 Å². The van der Waals surface area contributed by atoms with Crippen molar-refractivity contribution in [1.82, 2.24) is 4.90 Å².